The van der Waals surface area contributed by atoms with E-state index in [1.54, 1.807) is 12.1 Å². The van der Waals surface area contributed by atoms with Crippen molar-refractivity contribution in [3.63, 3.8) is 0 Å². The molecule has 0 unspecified atom stereocenters. The van der Waals surface area contributed by atoms with Crippen LogP contribution in [0.25, 0.3) is 0 Å². The minimum Gasteiger partial charge on any atom is -0.459 e. The molecule has 5 heteroatoms. The van der Waals surface area contributed by atoms with Gasteiger partial charge in [0.1, 0.15) is 0 Å². The second-order valence-corrected chi connectivity index (χ2v) is 7.32. The summed E-state index contributed by atoms with van der Waals surface area (Å²) in [5, 5.41) is 5.90. The maximum Gasteiger partial charge on any atom is 0.286 e. The zero-order chi connectivity index (χ0) is 19.0. The third-order valence-corrected chi connectivity index (χ3v) is 5.43. The molecule has 0 saturated heterocycles. The fourth-order valence-corrected chi connectivity index (χ4v) is 3.89. The van der Waals surface area contributed by atoms with E-state index in [4.69, 9.17) is 4.42 Å². The number of nitrogens with one attached hydrogen (secondary N) is 2. The fourth-order valence-electron chi connectivity index (χ4n) is 3.89. The molecule has 2 amide bonds. The zero-order valence-corrected chi connectivity index (χ0v) is 15.7. The third kappa shape index (κ3) is 5.22. The summed E-state index contributed by atoms with van der Waals surface area (Å²) in [6.07, 6.45) is 8.42. The Bertz CT molecular complexity index is 719. The Balaban J connectivity index is 1.43. The van der Waals surface area contributed by atoms with E-state index < -0.39 is 0 Å². The molecular formula is C22H28N2O3. The van der Waals surface area contributed by atoms with Gasteiger partial charge in [-0.25, -0.2) is 0 Å². The summed E-state index contributed by atoms with van der Waals surface area (Å²) in [4.78, 5) is 24.1. The van der Waals surface area contributed by atoms with Gasteiger partial charge >= 0.3 is 0 Å². The summed E-state index contributed by atoms with van der Waals surface area (Å²) in [6.45, 7) is 1.14. The van der Waals surface area contributed by atoms with Gasteiger partial charge in [-0.15, -0.1) is 0 Å². The van der Waals surface area contributed by atoms with E-state index >= 15 is 0 Å². The predicted octanol–water partition coefficient (Wildman–Crippen LogP) is 3.81. The first-order valence-electron chi connectivity index (χ1n) is 9.84. The van der Waals surface area contributed by atoms with Crippen molar-refractivity contribution in [1.29, 1.82) is 0 Å². The molecule has 2 N–H and O–H groups in total. The SMILES string of the molecule is O=C(CCCNC(=O)c1ccco1)NCC1(c2ccccc2)CCCCC1. The van der Waals surface area contributed by atoms with Crippen LogP contribution in [-0.2, 0) is 10.2 Å². The lowest BCUT2D eigenvalue weighted by Gasteiger charge is -2.38. The van der Waals surface area contributed by atoms with Crippen molar-refractivity contribution in [1.82, 2.24) is 10.6 Å². The maximum atomic E-state index is 12.3. The van der Waals surface area contributed by atoms with Crippen LogP contribution in [0.5, 0.6) is 0 Å². The molecule has 3 rings (SSSR count). The van der Waals surface area contributed by atoms with E-state index in [0.29, 0.717) is 31.7 Å². The highest BCUT2D eigenvalue weighted by atomic mass is 16.3. The van der Waals surface area contributed by atoms with Crippen molar-refractivity contribution in [2.24, 2.45) is 0 Å². The first kappa shape index (κ1) is 19.2. The Morgan fingerprint density at radius 3 is 2.44 bits per heavy atom. The molecule has 27 heavy (non-hydrogen) atoms. The minimum absolute atomic E-state index is 0.0446. The van der Waals surface area contributed by atoms with Crippen molar-refractivity contribution >= 4 is 11.8 Å². The second kappa shape index (κ2) is 9.40. The number of furan rings is 1. The number of benzene rings is 1. The van der Waals surface area contributed by atoms with Gasteiger partial charge in [0, 0.05) is 24.9 Å². The molecule has 1 heterocycles. The molecule has 144 valence electrons. The number of carbonyl (C=O) groups excluding carboxylic acids is 2. The van der Waals surface area contributed by atoms with Gasteiger partial charge < -0.3 is 15.1 Å². The molecule has 2 aromatic rings. The first-order valence-corrected chi connectivity index (χ1v) is 9.84. The Labute approximate surface area is 160 Å². The number of hydrogen-bond acceptors (Lipinski definition) is 3. The monoisotopic (exact) mass is 368 g/mol. The van der Waals surface area contributed by atoms with Gasteiger partial charge in [0.25, 0.3) is 5.91 Å². The maximum absolute atomic E-state index is 12.3. The Hall–Kier alpha value is -2.56. The standard InChI is InChI=1S/C22H28N2O3/c25-20(12-7-15-23-21(26)19-11-8-16-27-19)24-17-22(13-5-2-6-14-22)18-9-3-1-4-10-18/h1,3-4,8-11,16H,2,5-7,12-15,17H2,(H,23,26)(H,24,25). The van der Waals surface area contributed by atoms with Gasteiger partial charge in [-0.1, -0.05) is 49.6 Å². The average molecular weight is 368 g/mol. The number of amides is 2. The number of carbonyl (C=O) groups is 2. The van der Waals surface area contributed by atoms with Crippen molar-refractivity contribution in [2.45, 2.75) is 50.4 Å². The molecule has 0 spiro atoms. The van der Waals surface area contributed by atoms with Crippen molar-refractivity contribution in [3.05, 3.63) is 60.1 Å². The zero-order valence-electron chi connectivity index (χ0n) is 15.7. The lowest BCUT2D eigenvalue weighted by atomic mass is 9.69. The van der Waals surface area contributed by atoms with Gasteiger partial charge in [-0.05, 0) is 37.0 Å². The summed E-state index contributed by atoms with van der Waals surface area (Å²) in [5.74, 6) is 0.0929. The van der Waals surface area contributed by atoms with E-state index in [-0.39, 0.29) is 17.2 Å². The third-order valence-electron chi connectivity index (χ3n) is 5.43. The molecule has 0 aliphatic heterocycles. The average Bonchev–Trinajstić information content (AvgIpc) is 3.26. The molecule has 0 radical (unpaired) electrons. The highest BCUT2D eigenvalue weighted by molar-refractivity contribution is 5.91. The Kier molecular flexibility index (Phi) is 6.69. The van der Waals surface area contributed by atoms with Gasteiger partial charge in [0.05, 0.1) is 6.26 Å². The van der Waals surface area contributed by atoms with Crippen LogP contribution < -0.4 is 10.6 Å². The van der Waals surface area contributed by atoms with Crippen LogP contribution in [0.15, 0.2) is 53.1 Å². The molecule has 0 bridgehead atoms. The van der Waals surface area contributed by atoms with E-state index in [1.807, 2.05) is 6.07 Å². The topological polar surface area (TPSA) is 71.3 Å². The Morgan fingerprint density at radius 2 is 1.74 bits per heavy atom. The molecule has 1 aliphatic rings. The van der Waals surface area contributed by atoms with E-state index in [2.05, 4.69) is 34.9 Å². The van der Waals surface area contributed by atoms with Crippen LogP contribution in [-0.4, -0.2) is 24.9 Å². The number of hydrogen-bond donors (Lipinski definition) is 2. The lowest BCUT2D eigenvalue weighted by Crippen LogP contribution is -2.42. The lowest BCUT2D eigenvalue weighted by molar-refractivity contribution is -0.121. The molecule has 1 fully saturated rings. The van der Waals surface area contributed by atoms with Crippen LogP contribution in [0, 0.1) is 0 Å². The molecule has 1 saturated carbocycles. The summed E-state index contributed by atoms with van der Waals surface area (Å²) in [5.41, 5.74) is 1.39. The minimum atomic E-state index is -0.245. The highest BCUT2D eigenvalue weighted by Crippen LogP contribution is 2.38. The quantitative estimate of drug-likeness (QED) is 0.696. The number of rotatable bonds is 8. The van der Waals surface area contributed by atoms with Gasteiger partial charge in [-0.3, -0.25) is 9.59 Å². The van der Waals surface area contributed by atoms with Crippen LogP contribution in [0.4, 0.5) is 0 Å². The van der Waals surface area contributed by atoms with E-state index in [0.717, 1.165) is 12.8 Å². The normalized spacial score (nSPS) is 15.9. The predicted molar refractivity (Wildman–Crippen MR) is 104 cm³/mol. The first-order chi connectivity index (χ1) is 13.2. The van der Waals surface area contributed by atoms with E-state index in [1.165, 1.54) is 31.1 Å². The molecule has 1 aromatic carbocycles. The van der Waals surface area contributed by atoms with Crippen LogP contribution in [0.2, 0.25) is 0 Å². The summed E-state index contributed by atoms with van der Waals surface area (Å²) >= 11 is 0. The smallest absolute Gasteiger partial charge is 0.286 e. The van der Waals surface area contributed by atoms with Crippen molar-refractivity contribution < 1.29 is 14.0 Å². The molecule has 1 aromatic heterocycles. The van der Waals surface area contributed by atoms with Gasteiger partial charge in [0.15, 0.2) is 5.76 Å². The summed E-state index contributed by atoms with van der Waals surface area (Å²) < 4.78 is 5.04. The van der Waals surface area contributed by atoms with Crippen LogP contribution in [0.3, 0.4) is 0 Å². The van der Waals surface area contributed by atoms with Crippen LogP contribution in [0.1, 0.15) is 61.1 Å². The van der Waals surface area contributed by atoms with Crippen molar-refractivity contribution in [2.75, 3.05) is 13.1 Å². The Morgan fingerprint density at radius 1 is 0.963 bits per heavy atom. The van der Waals surface area contributed by atoms with Gasteiger partial charge in [0.2, 0.25) is 5.91 Å². The fraction of sp³-hybridized carbons (Fsp3) is 0.455. The molecule has 0 atom stereocenters. The second-order valence-electron chi connectivity index (χ2n) is 7.32. The van der Waals surface area contributed by atoms with Crippen LogP contribution >= 0.6 is 0 Å². The highest BCUT2D eigenvalue weighted by Gasteiger charge is 2.33. The van der Waals surface area contributed by atoms with E-state index in [9.17, 15) is 9.59 Å². The summed E-state index contributed by atoms with van der Waals surface area (Å²) in [7, 11) is 0. The molecular weight excluding hydrogens is 340 g/mol. The van der Waals surface area contributed by atoms with Gasteiger partial charge in [-0.2, -0.15) is 0 Å². The van der Waals surface area contributed by atoms with Crippen molar-refractivity contribution in [3.8, 4) is 0 Å². The summed E-state index contributed by atoms with van der Waals surface area (Å²) in [6, 6.07) is 13.9. The molecule has 1 aliphatic carbocycles. The largest absolute Gasteiger partial charge is 0.459 e. The molecule has 5 nitrogen and oxygen atoms in total.